The molecule has 0 spiro atoms. The van der Waals surface area contributed by atoms with Crippen LogP contribution in [0.5, 0.6) is 5.75 Å². The van der Waals surface area contributed by atoms with E-state index in [-0.39, 0.29) is 13.2 Å². The Bertz CT molecular complexity index is 335. The quantitative estimate of drug-likeness (QED) is 0.474. The average molecular weight is 296 g/mol. The smallest absolute Gasteiger partial charge is 0.380 e. The summed E-state index contributed by atoms with van der Waals surface area (Å²) in [5.41, 5.74) is 0. The summed E-state index contributed by atoms with van der Waals surface area (Å²) in [6, 6.07) is 8.71. The highest BCUT2D eigenvalue weighted by Crippen LogP contribution is 2.43. The Balaban J connectivity index is 0.000000351. The molecule has 0 unspecified atom stereocenters. The second-order valence-electron chi connectivity index (χ2n) is 2.77. The molecule has 1 rings (SSSR count). The predicted octanol–water partition coefficient (Wildman–Crippen LogP) is 2.53. The van der Waals surface area contributed by atoms with Crippen molar-refractivity contribution in [3.05, 3.63) is 30.3 Å². The van der Waals surface area contributed by atoms with Gasteiger partial charge in [-0.2, -0.15) is 0 Å². The Morgan fingerprint density at radius 2 is 1.50 bits per heavy atom. The molecular weight excluding hydrogens is 279 g/mol. The van der Waals surface area contributed by atoms with Gasteiger partial charge in [0.25, 0.3) is 0 Å². The van der Waals surface area contributed by atoms with Crippen LogP contribution >= 0.6 is 6.72 Å². The lowest BCUT2D eigenvalue weighted by Gasteiger charge is -2.11. The summed E-state index contributed by atoms with van der Waals surface area (Å²) < 4.78 is 8.63. The topological polar surface area (TPSA) is 77.4 Å². The van der Waals surface area contributed by atoms with Gasteiger partial charge in [0.05, 0.1) is 13.2 Å². The van der Waals surface area contributed by atoms with Gasteiger partial charge in [-0.05, 0) is 37.8 Å². The molecule has 6 nitrogen and oxygen atoms in total. The number of hydrogen-bond acceptors (Lipinski definition) is 6. The van der Waals surface area contributed by atoms with Gasteiger partial charge >= 0.3 is 6.72 Å². The Hall–Kier alpha value is -0.530. The van der Waals surface area contributed by atoms with E-state index >= 15 is 0 Å². The molecule has 0 radical (unpaired) electrons. The summed E-state index contributed by atoms with van der Waals surface area (Å²) in [6.45, 7) is 0.617. The number of para-hydroxylation sites is 1. The molecule has 0 bridgehead atoms. The molecule has 0 aromatic heterocycles. The summed E-state index contributed by atoms with van der Waals surface area (Å²) in [6.07, 6.45) is 0. The lowest BCUT2D eigenvalue weighted by molar-refractivity contribution is -0.264. The third-order valence-electron chi connectivity index (χ3n) is 1.29. The fourth-order valence-electron chi connectivity index (χ4n) is 0.679. The van der Waals surface area contributed by atoms with Crippen LogP contribution in [0, 0.1) is 0 Å². The SMILES string of the molecule is CCOOP(O)(=S)OOCC.Oc1ccccc1. The molecule has 2 N–H and O–H groups in total. The number of hydrogen-bond donors (Lipinski definition) is 2. The number of rotatable bonds is 6. The average Bonchev–Trinajstić information content (AvgIpc) is 2.36. The monoisotopic (exact) mass is 296 g/mol. The molecule has 8 heteroatoms. The van der Waals surface area contributed by atoms with E-state index in [1.54, 1.807) is 38.1 Å². The van der Waals surface area contributed by atoms with Crippen molar-refractivity contribution in [2.24, 2.45) is 0 Å². The Kier molecular flexibility index (Phi) is 10.1. The van der Waals surface area contributed by atoms with Crippen molar-refractivity contribution in [1.29, 1.82) is 0 Å². The number of phenolic OH excluding ortho intramolecular Hbond substituents is 1. The number of benzene rings is 1. The van der Waals surface area contributed by atoms with Crippen LogP contribution in [0.3, 0.4) is 0 Å². The highest BCUT2D eigenvalue weighted by atomic mass is 32.5. The summed E-state index contributed by atoms with van der Waals surface area (Å²) in [5.74, 6) is 0.322. The first-order valence-corrected chi connectivity index (χ1v) is 7.80. The van der Waals surface area contributed by atoms with Crippen molar-refractivity contribution in [2.45, 2.75) is 13.8 Å². The van der Waals surface area contributed by atoms with Gasteiger partial charge in [0, 0.05) is 0 Å². The minimum atomic E-state index is -3.34. The molecule has 0 heterocycles. The highest BCUT2D eigenvalue weighted by molar-refractivity contribution is 8.07. The summed E-state index contributed by atoms with van der Waals surface area (Å²) >= 11 is 4.45. The van der Waals surface area contributed by atoms with E-state index in [9.17, 15) is 0 Å². The largest absolute Gasteiger partial charge is 0.508 e. The predicted molar refractivity (Wildman–Crippen MR) is 70.0 cm³/mol. The van der Waals surface area contributed by atoms with Crippen molar-refractivity contribution in [3.8, 4) is 5.75 Å². The Labute approximate surface area is 111 Å². The van der Waals surface area contributed by atoms with Crippen LogP contribution in [-0.2, 0) is 30.9 Å². The fourth-order valence-corrected chi connectivity index (χ4v) is 1.44. The lowest BCUT2D eigenvalue weighted by atomic mass is 10.3. The van der Waals surface area contributed by atoms with Gasteiger partial charge < -0.3 is 10.00 Å². The van der Waals surface area contributed by atoms with E-state index in [2.05, 4.69) is 30.9 Å². The van der Waals surface area contributed by atoms with Crippen LogP contribution in [0.25, 0.3) is 0 Å². The van der Waals surface area contributed by atoms with Gasteiger partial charge in [0.1, 0.15) is 5.75 Å². The van der Waals surface area contributed by atoms with E-state index in [4.69, 9.17) is 10.00 Å². The van der Waals surface area contributed by atoms with E-state index in [0.717, 1.165) is 0 Å². The molecule has 0 atom stereocenters. The van der Waals surface area contributed by atoms with E-state index in [1.807, 2.05) is 6.07 Å². The van der Waals surface area contributed by atoms with Crippen LogP contribution in [-0.4, -0.2) is 23.2 Å². The van der Waals surface area contributed by atoms with Crippen molar-refractivity contribution in [3.63, 3.8) is 0 Å². The lowest BCUT2D eigenvalue weighted by Crippen LogP contribution is -1.97. The van der Waals surface area contributed by atoms with Gasteiger partial charge in [-0.3, -0.25) is 0 Å². The molecule has 0 aliphatic rings. The molecule has 18 heavy (non-hydrogen) atoms. The molecule has 0 fully saturated rings. The number of phenols is 1. The minimum absolute atomic E-state index is 0.286. The second-order valence-corrected chi connectivity index (χ2v) is 5.39. The van der Waals surface area contributed by atoms with Crippen molar-refractivity contribution < 1.29 is 29.1 Å². The van der Waals surface area contributed by atoms with Crippen LogP contribution in [0.15, 0.2) is 30.3 Å². The zero-order valence-corrected chi connectivity index (χ0v) is 11.9. The molecule has 0 aliphatic carbocycles. The van der Waals surface area contributed by atoms with Crippen LogP contribution in [0.2, 0.25) is 0 Å². The van der Waals surface area contributed by atoms with E-state index < -0.39 is 6.72 Å². The van der Waals surface area contributed by atoms with Gasteiger partial charge in [-0.15, -0.1) is 9.35 Å². The van der Waals surface area contributed by atoms with Crippen molar-refractivity contribution in [1.82, 2.24) is 0 Å². The van der Waals surface area contributed by atoms with E-state index in [1.165, 1.54) is 0 Å². The molecule has 0 saturated carbocycles. The Morgan fingerprint density at radius 3 is 1.78 bits per heavy atom. The van der Waals surface area contributed by atoms with Crippen LogP contribution in [0.1, 0.15) is 13.8 Å². The van der Waals surface area contributed by atoms with Gasteiger partial charge in [0.15, 0.2) is 0 Å². The number of aromatic hydroxyl groups is 1. The van der Waals surface area contributed by atoms with Gasteiger partial charge in [0.2, 0.25) is 0 Å². The third-order valence-corrected chi connectivity index (χ3v) is 2.24. The van der Waals surface area contributed by atoms with Crippen molar-refractivity contribution >= 4 is 18.5 Å². The Morgan fingerprint density at radius 1 is 1.06 bits per heavy atom. The first-order valence-electron chi connectivity index (χ1n) is 5.21. The standard InChI is InChI=1S/C6H6O.C4H11O5PS/c7-6-4-2-1-3-5-6;1-3-6-8-10(5,11)9-7-4-2/h1-5,7H;3-4H2,1-2H3,(H,5,11). The van der Waals surface area contributed by atoms with Crippen LogP contribution in [0.4, 0.5) is 0 Å². The fraction of sp³-hybridized carbons (Fsp3) is 0.400. The van der Waals surface area contributed by atoms with E-state index in [0.29, 0.717) is 5.75 Å². The normalized spacial score (nSPS) is 10.6. The van der Waals surface area contributed by atoms with Gasteiger partial charge in [-0.1, -0.05) is 18.2 Å². The van der Waals surface area contributed by atoms with Gasteiger partial charge in [-0.25, -0.2) is 9.78 Å². The molecule has 0 saturated heterocycles. The second kappa shape index (κ2) is 10.4. The maximum Gasteiger partial charge on any atom is 0.380 e. The maximum atomic E-state index is 9.01. The molecule has 0 aliphatic heterocycles. The molecule has 104 valence electrons. The summed E-state index contributed by atoms with van der Waals surface area (Å²) in [5, 5.41) is 8.63. The van der Waals surface area contributed by atoms with Crippen LogP contribution < -0.4 is 0 Å². The zero-order valence-electron chi connectivity index (χ0n) is 10.2. The molecular formula is C10H17O6PS. The maximum absolute atomic E-state index is 9.01. The van der Waals surface area contributed by atoms with Crippen molar-refractivity contribution in [2.75, 3.05) is 13.2 Å². The summed E-state index contributed by atoms with van der Waals surface area (Å²) in [4.78, 5) is 17.8. The highest BCUT2D eigenvalue weighted by Gasteiger charge is 2.17. The third kappa shape index (κ3) is 10.6. The first-order chi connectivity index (χ1) is 8.52. The molecule has 1 aromatic carbocycles. The molecule has 0 amide bonds. The zero-order chi connectivity index (χ0) is 13.9. The summed E-state index contributed by atoms with van der Waals surface area (Å²) in [7, 11) is 0. The first kappa shape index (κ1) is 17.5. The molecule has 1 aromatic rings. The minimum Gasteiger partial charge on any atom is -0.508 e.